The quantitative estimate of drug-likeness (QED) is 0.496. The number of rotatable bonds is 4. The zero-order valence-corrected chi connectivity index (χ0v) is 15.9. The average molecular weight is 400 g/mol. The first-order valence-electron chi connectivity index (χ1n) is 9.21. The molecular formula is C21H16N6O3. The summed E-state index contributed by atoms with van der Waals surface area (Å²) in [6, 6.07) is 9.02. The second-order valence-corrected chi connectivity index (χ2v) is 6.91. The smallest absolute Gasteiger partial charge is 0.335 e. The molecule has 4 heterocycles. The summed E-state index contributed by atoms with van der Waals surface area (Å²) < 4.78 is 4.43. The molecule has 0 fully saturated rings. The van der Waals surface area contributed by atoms with E-state index in [4.69, 9.17) is 0 Å². The Morgan fingerprint density at radius 3 is 2.73 bits per heavy atom. The molecule has 0 radical (unpaired) electrons. The summed E-state index contributed by atoms with van der Waals surface area (Å²) in [5, 5.41) is 13.5. The van der Waals surface area contributed by atoms with Gasteiger partial charge in [0.25, 0.3) is 0 Å². The normalized spacial score (nSPS) is 11.4. The van der Waals surface area contributed by atoms with Crippen LogP contribution in [0.3, 0.4) is 0 Å². The van der Waals surface area contributed by atoms with Gasteiger partial charge in [0.2, 0.25) is 0 Å². The van der Waals surface area contributed by atoms with Gasteiger partial charge in [-0.15, -0.1) is 0 Å². The molecule has 0 amide bonds. The number of aliphatic carboxylic acids is 1. The summed E-state index contributed by atoms with van der Waals surface area (Å²) in [6.45, 7) is 1.46. The maximum atomic E-state index is 13.1. The molecule has 0 aliphatic heterocycles. The van der Waals surface area contributed by atoms with Crippen LogP contribution in [-0.4, -0.2) is 39.8 Å². The number of aryl methyl sites for hydroxylation is 1. The standard InChI is InChI=1S/C21H16N6O3/c1-13-3-2-4-16-20(13)27(21(30)25(16)12-19(28)29)18-6-5-14(9-23-18)15-10-24-26-8-7-22-11-17(15)26/h2-11H,12H2,1H3,(H,28,29). The van der Waals surface area contributed by atoms with E-state index in [1.165, 1.54) is 9.13 Å². The highest BCUT2D eigenvalue weighted by Crippen LogP contribution is 2.25. The van der Waals surface area contributed by atoms with Crippen LogP contribution in [0.5, 0.6) is 0 Å². The van der Waals surface area contributed by atoms with E-state index in [1.54, 1.807) is 53.7 Å². The molecule has 30 heavy (non-hydrogen) atoms. The minimum atomic E-state index is -1.08. The van der Waals surface area contributed by atoms with E-state index < -0.39 is 18.2 Å². The Hall–Kier alpha value is -4.27. The SMILES string of the molecule is Cc1cccc2c1n(-c1ccc(-c3cnn4ccncc34)cn1)c(=O)n2CC(=O)O. The molecule has 0 aliphatic rings. The van der Waals surface area contributed by atoms with Crippen molar-refractivity contribution in [1.82, 2.24) is 28.7 Å². The van der Waals surface area contributed by atoms with Crippen molar-refractivity contribution in [3.05, 3.63) is 77.4 Å². The lowest BCUT2D eigenvalue weighted by atomic mass is 10.1. The van der Waals surface area contributed by atoms with Gasteiger partial charge in [0.15, 0.2) is 0 Å². The molecule has 148 valence electrons. The van der Waals surface area contributed by atoms with Crippen LogP contribution in [0.2, 0.25) is 0 Å². The summed E-state index contributed by atoms with van der Waals surface area (Å²) in [5.74, 6) is -0.663. The van der Waals surface area contributed by atoms with Crippen molar-refractivity contribution in [2.45, 2.75) is 13.5 Å². The van der Waals surface area contributed by atoms with Gasteiger partial charge in [-0.3, -0.25) is 14.3 Å². The highest BCUT2D eigenvalue weighted by atomic mass is 16.4. The molecule has 0 saturated heterocycles. The number of pyridine rings is 1. The lowest BCUT2D eigenvalue weighted by Crippen LogP contribution is -2.26. The minimum absolute atomic E-state index is 0.417. The third-order valence-electron chi connectivity index (χ3n) is 5.06. The van der Waals surface area contributed by atoms with Crippen molar-refractivity contribution < 1.29 is 9.90 Å². The number of para-hydroxylation sites is 1. The van der Waals surface area contributed by atoms with Crippen LogP contribution < -0.4 is 5.69 Å². The molecule has 5 rings (SSSR count). The summed E-state index contributed by atoms with van der Waals surface area (Å²) in [5.41, 5.74) is 4.17. The Labute approximate surface area is 169 Å². The number of imidazole rings is 1. The number of benzene rings is 1. The van der Waals surface area contributed by atoms with Gasteiger partial charge in [-0.2, -0.15) is 5.10 Å². The van der Waals surface area contributed by atoms with Gasteiger partial charge >= 0.3 is 11.7 Å². The molecular weight excluding hydrogens is 384 g/mol. The van der Waals surface area contributed by atoms with Crippen LogP contribution in [0, 0.1) is 6.92 Å². The van der Waals surface area contributed by atoms with E-state index in [-0.39, 0.29) is 0 Å². The van der Waals surface area contributed by atoms with E-state index in [0.717, 1.165) is 22.2 Å². The number of carboxylic acids is 1. The van der Waals surface area contributed by atoms with E-state index >= 15 is 0 Å². The number of aromatic nitrogens is 6. The number of hydrogen-bond donors (Lipinski definition) is 1. The summed E-state index contributed by atoms with van der Waals surface area (Å²) in [6.07, 6.45) is 8.56. The van der Waals surface area contributed by atoms with E-state index in [0.29, 0.717) is 16.9 Å². The molecule has 0 aliphatic carbocycles. The van der Waals surface area contributed by atoms with E-state index in [9.17, 15) is 14.7 Å². The van der Waals surface area contributed by atoms with E-state index in [1.807, 2.05) is 19.1 Å². The largest absolute Gasteiger partial charge is 0.480 e. The highest BCUT2D eigenvalue weighted by molar-refractivity contribution is 5.83. The van der Waals surface area contributed by atoms with Crippen LogP contribution in [0.1, 0.15) is 5.56 Å². The Kier molecular flexibility index (Phi) is 3.95. The van der Waals surface area contributed by atoms with E-state index in [2.05, 4.69) is 15.1 Å². The molecule has 1 aromatic carbocycles. The number of nitrogens with zero attached hydrogens (tertiary/aromatic N) is 6. The number of carbonyl (C=O) groups is 1. The van der Waals surface area contributed by atoms with Crippen LogP contribution in [0.4, 0.5) is 0 Å². The maximum absolute atomic E-state index is 13.1. The second-order valence-electron chi connectivity index (χ2n) is 6.91. The number of hydrogen-bond acceptors (Lipinski definition) is 5. The topological polar surface area (TPSA) is 107 Å². The Morgan fingerprint density at radius 2 is 1.97 bits per heavy atom. The zero-order valence-electron chi connectivity index (χ0n) is 15.9. The molecule has 0 unspecified atom stereocenters. The lowest BCUT2D eigenvalue weighted by molar-refractivity contribution is -0.137. The summed E-state index contributed by atoms with van der Waals surface area (Å²) in [4.78, 5) is 33.0. The first-order valence-corrected chi connectivity index (χ1v) is 9.21. The third kappa shape index (κ3) is 2.67. The van der Waals surface area contributed by atoms with Gasteiger partial charge in [-0.1, -0.05) is 12.1 Å². The Bertz CT molecular complexity index is 1480. The van der Waals surface area contributed by atoms with Crippen LogP contribution in [0.15, 0.2) is 66.1 Å². The molecule has 9 heteroatoms. The lowest BCUT2D eigenvalue weighted by Gasteiger charge is -2.06. The van der Waals surface area contributed by atoms with Gasteiger partial charge in [0, 0.05) is 29.7 Å². The molecule has 0 spiro atoms. The summed E-state index contributed by atoms with van der Waals surface area (Å²) in [7, 11) is 0. The van der Waals surface area contributed by atoms with Gasteiger partial charge in [0.05, 0.1) is 28.9 Å². The van der Waals surface area contributed by atoms with Gasteiger partial charge in [0.1, 0.15) is 12.4 Å². The number of fused-ring (bicyclic) bond motifs is 2. The van der Waals surface area contributed by atoms with Crippen molar-refractivity contribution in [1.29, 1.82) is 0 Å². The first kappa shape index (κ1) is 17.8. The second kappa shape index (κ2) is 6.66. The fourth-order valence-electron chi connectivity index (χ4n) is 3.71. The fourth-order valence-corrected chi connectivity index (χ4v) is 3.71. The van der Waals surface area contributed by atoms with Gasteiger partial charge in [-0.05, 0) is 30.7 Å². The molecule has 0 bridgehead atoms. The van der Waals surface area contributed by atoms with Crippen molar-refractivity contribution in [3.63, 3.8) is 0 Å². The van der Waals surface area contributed by atoms with Crippen molar-refractivity contribution in [2.75, 3.05) is 0 Å². The van der Waals surface area contributed by atoms with Crippen molar-refractivity contribution >= 4 is 22.5 Å². The molecule has 1 N–H and O–H groups in total. The predicted octanol–water partition coefficient (Wildman–Crippen LogP) is 2.29. The Balaban J connectivity index is 1.67. The fraction of sp³-hybridized carbons (Fsp3) is 0.0952. The van der Waals surface area contributed by atoms with Gasteiger partial charge < -0.3 is 5.11 Å². The van der Waals surface area contributed by atoms with Crippen LogP contribution >= 0.6 is 0 Å². The first-order chi connectivity index (χ1) is 14.5. The van der Waals surface area contributed by atoms with Crippen molar-refractivity contribution in [3.8, 4) is 16.9 Å². The van der Waals surface area contributed by atoms with Crippen molar-refractivity contribution in [2.24, 2.45) is 0 Å². The molecule has 5 aromatic rings. The highest BCUT2D eigenvalue weighted by Gasteiger charge is 2.19. The minimum Gasteiger partial charge on any atom is -0.480 e. The predicted molar refractivity (Wildman–Crippen MR) is 110 cm³/mol. The van der Waals surface area contributed by atoms with Crippen LogP contribution in [-0.2, 0) is 11.3 Å². The molecule has 0 atom stereocenters. The molecule has 0 saturated carbocycles. The van der Waals surface area contributed by atoms with Gasteiger partial charge in [-0.25, -0.2) is 18.9 Å². The summed E-state index contributed by atoms with van der Waals surface area (Å²) >= 11 is 0. The number of carboxylic acid groups (broad SMARTS) is 1. The van der Waals surface area contributed by atoms with Crippen LogP contribution in [0.25, 0.3) is 33.5 Å². The molecule has 4 aromatic heterocycles. The average Bonchev–Trinajstić information content (AvgIpc) is 3.29. The monoisotopic (exact) mass is 400 g/mol. The Morgan fingerprint density at radius 1 is 1.10 bits per heavy atom. The zero-order chi connectivity index (χ0) is 20.8. The third-order valence-corrected chi connectivity index (χ3v) is 5.06. The molecule has 9 nitrogen and oxygen atoms in total. The maximum Gasteiger partial charge on any atom is 0.335 e.